The Morgan fingerprint density at radius 1 is 0.973 bits per heavy atom. The molecule has 0 aliphatic heterocycles. The van der Waals surface area contributed by atoms with Gasteiger partial charge in [0.25, 0.3) is 0 Å². The Kier molecular flexibility index (Phi) is 8.44. The van der Waals surface area contributed by atoms with Crippen LogP contribution in [0.4, 0.5) is 11.5 Å². The molecule has 37 heavy (non-hydrogen) atoms. The summed E-state index contributed by atoms with van der Waals surface area (Å²) in [4.78, 5) is 13.3. The molecule has 0 saturated heterocycles. The third-order valence-corrected chi connectivity index (χ3v) is 6.16. The largest absolute Gasteiger partial charge is 0.497 e. The molecular formula is C29H28ClN5O2. The summed E-state index contributed by atoms with van der Waals surface area (Å²) in [7, 11) is 1.65. The lowest BCUT2D eigenvalue weighted by atomic mass is 10.0. The number of aromatic nitrogens is 2. The summed E-state index contributed by atoms with van der Waals surface area (Å²) in [5.74, 6) is 1.01. The van der Waals surface area contributed by atoms with Crippen molar-refractivity contribution in [3.63, 3.8) is 0 Å². The molecule has 0 bridgehead atoms. The number of halogens is 1. The molecule has 4 aromatic rings. The number of aryl methyl sites for hydroxylation is 1. The van der Waals surface area contributed by atoms with E-state index in [1.54, 1.807) is 48.2 Å². The number of hydrogen-bond acceptors (Lipinski definition) is 6. The SMILES string of the molecule is COc1ccc(NCCCCNc2c(C#N)c(C(=O)c3ccc(C)cc3)nn2-c2ccc(Cl)cc2)cc1. The van der Waals surface area contributed by atoms with Crippen LogP contribution < -0.4 is 15.4 Å². The van der Waals surface area contributed by atoms with Crippen LogP contribution in [0.15, 0.2) is 72.8 Å². The standard InChI is InChI=1S/C29H28ClN5O2/c1-20-5-7-21(8-6-20)28(36)27-26(19-31)29(35(34-27)24-13-9-22(30)10-14-24)33-18-4-3-17-32-23-11-15-25(37-2)16-12-23/h5-16,32-33H,3-4,17-18H2,1-2H3. The van der Waals surface area contributed by atoms with Gasteiger partial charge in [0.05, 0.1) is 12.8 Å². The van der Waals surface area contributed by atoms with Crippen LogP contribution in [0, 0.1) is 18.3 Å². The second kappa shape index (κ2) is 12.1. The van der Waals surface area contributed by atoms with Gasteiger partial charge in [-0.25, -0.2) is 4.68 Å². The Bertz CT molecular complexity index is 1390. The highest BCUT2D eigenvalue weighted by atomic mass is 35.5. The van der Waals surface area contributed by atoms with E-state index in [1.165, 1.54) is 0 Å². The molecule has 0 atom stereocenters. The summed E-state index contributed by atoms with van der Waals surface area (Å²) >= 11 is 6.07. The lowest BCUT2D eigenvalue weighted by Gasteiger charge is -2.11. The molecule has 0 unspecified atom stereocenters. The van der Waals surface area contributed by atoms with Crippen LogP contribution in [-0.2, 0) is 0 Å². The molecule has 7 nitrogen and oxygen atoms in total. The van der Waals surface area contributed by atoms with Crippen molar-refractivity contribution in [1.82, 2.24) is 9.78 Å². The molecule has 0 amide bonds. The number of nitrogens with zero attached hydrogens (tertiary/aromatic N) is 3. The minimum Gasteiger partial charge on any atom is -0.497 e. The number of ketones is 1. The first-order valence-electron chi connectivity index (χ1n) is 12.0. The molecule has 188 valence electrons. The summed E-state index contributed by atoms with van der Waals surface area (Å²) in [5.41, 5.74) is 3.60. The number of methoxy groups -OCH3 is 1. The second-order valence-corrected chi connectivity index (χ2v) is 8.99. The fourth-order valence-corrected chi connectivity index (χ4v) is 3.98. The van der Waals surface area contributed by atoms with Crippen LogP contribution in [0.1, 0.15) is 40.0 Å². The van der Waals surface area contributed by atoms with Crippen molar-refractivity contribution >= 4 is 28.9 Å². The summed E-state index contributed by atoms with van der Waals surface area (Å²) in [6, 6.07) is 24.3. The number of anilines is 2. The van der Waals surface area contributed by atoms with E-state index in [2.05, 4.69) is 21.8 Å². The van der Waals surface area contributed by atoms with Gasteiger partial charge in [-0.3, -0.25) is 4.79 Å². The number of hydrogen-bond donors (Lipinski definition) is 2. The Morgan fingerprint density at radius 3 is 2.24 bits per heavy atom. The van der Waals surface area contributed by atoms with E-state index in [0.717, 1.165) is 36.4 Å². The van der Waals surface area contributed by atoms with Gasteiger partial charge in [0.1, 0.15) is 23.2 Å². The smallest absolute Gasteiger partial charge is 0.214 e. The topological polar surface area (TPSA) is 92.0 Å². The maximum Gasteiger partial charge on any atom is 0.214 e. The van der Waals surface area contributed by atoms with Gasteiger partial charge in [-0.1, -0.05) is 41.4 Å². The number of carbonyl (C=O) groups is 1. The number of carbonyl (C=O) groups excluding carboxylic acids is 1. The van der Waals surface area contributed by atoms with Gasteiger partial charge in [0.15, 0.2) is 5.69 Å². The molecule has 1 aromatic heterocycles. The third-order valence-electron chi connectivity index (χ3n) is 5.91. The van der Waals surface area contributed by atoms with Gasteiger partial charge in [-0.05, 0) is 68.3 Å². The van der Waals surface area contributed by atoms with Crippen molar-refractivity contribution in [2.24, 2.45) is 0 Å². The fraction of sp³-hybridized carbons (Fsp3) is 0.207. The van der Waals surface area contributed by atoms with E-state index in [0.29, 0.717) is 28.6 Å². The van der Waals surface area contributed by atoms with Crippen molar-refractivity contribution in [2.45, 2.75) is 19.8 Å². The average Bonchev–Trinajstić information content (AvgIpc) is 3.29. The van der Waals surface area contributed by atoms with Crippen molar-refractivity contribution < 1.29 is 9.53 Å². The molecular weight excluding hydrogens is 486 g/mol. The number of benzene rings is 3. The lowest BCUT2D eigenvalue weighted by molar-refractivity contribution is 0.103. The Balaban J connectivity index is 1.49. The van der Waals surface area contributed by atoms with Crippen LogP contribution in [-0.4, -0.2) is 35.8 Å². The molecule has 8 heteroatoms. The highest BCUT2D eigenvalue weighted by Crippen LogP contribution is 2.26. The third kappa shape index (κ3) is 6.29. The van der Waals surface area contributed by atoms with E-state index in [9.17, 15) is 10.1 Å². The zero-order chi connectivity index (χ0) is 26.2. The van der Waals surface area contributed by atoms with Crippen LogP contribution >= 0.6 is 11.6 Å². The molecule has 0 aliphatic carbocycles. The number of nitrogens with one attached hydrogen (secondary N) is 2. The Hall–Kier alpha value is -4.28. The normalized spacial score (nSPS) is 10.5. The number of ether oxygens (including phenoxy) is 1. The predicted molar refractivity (Wildman–Crippen MR) is 147 cm³/mol. The maximum absolute atomic E-state index is 13.3. The second-order valence-electron chi connectivity index (χ2n) is 8.56. The highest BCUT2D eigenvalue weighted by molar-refractivity contribution is 6.30. The number of nitriles is 1. The highest BCUT2D eigenvalue weighted by Gasteiger charge is 2.25. The summed E-state index contributed by atoms with van der Waals surface area (Å²) in [6.45, 7) is 3.36. The van der Waals surface area contributed by atoms with Crippen molar-refractivity contribution in [2.75, 3.05) is 30.8 Å². The Labute approximate surface area is 221 Å². The van der Waals surface area contributed by atoms with Gasteiger partial charge < -0.3 is 15.4 Å². The van der Waals surface area contributed by atoms with E-state index in [1.807, 2.05) is 43.3 Å². The van der Waals surface area contributed by atoms with Gasteiger partial charge in [-0.2, -0.15) is 10.4 Å². The van der Waals surface area contributed by atoms with Crippen molar-refractivity contribution in [3.8, 4) is 17.5 Å². The van der Waals surface area contributed by atoms with Gasteiger partial charge in [0, 0.05) is 29.4 Å². The Morgan fingerprint density at radius 2 is 1.62 bits per heavy atom. The quantitative estimate of drug-likeness (QED) is 0.182. The number of rotatable bonds is 11. The number of unbranched alkanes of at least 4 members (excludes halogenated alkanes) is 1. The summed E-state index contributed by atoms with van der Waals surface area (Å²) < 4.78 is 6.79. The van der Waals surface area contributed by atoms with E-state index in [-0.39, 0.29) is 17.0 Å². The van der Waals surface area contributed by atoms with Crippen LogP contribution in [0.3, 0.4) is 0 Å². The fourth-order valence-electron chi connectivity index (χ4n) is 3.86. The molecule has 0 spiro atoms. The van der Waals surface area contributed by atoms with Gasteiger partial charge in [0.2, 0.25) is 5.78 Å². The first-order chi connectivity index (χ1) is 18.0. The molecule has 0 fully saturated rings. The lowest BCUT2D eigenvalue weighted by Crippen LogP contribution is -2.10. The maximum atomic E-state index is 13.3. The zero-order valence-corrected chi connectivity index (χ0v) is 21.5. The molecule has 0 aliphatic rings. The molecule has 4 rings (SSSR count). The zero-order valence-electron chi connectivity index (χ0n) is 20.8. The minimum atomic E-state index is -0.295. The molecule has 3 aromatic carbocycles. The first-order valence-corrected chi connectivity index (χ1v) is 12.4. The minimum absolute atomic E-state index is 0.116. The average molecular weight is 514 g/mol. The molecule has 0 saturated carbocycles. The van der Waals surface area contributed by atoms with Crippen LogP contribution in [0.25, 0.3) is 5.69 Å². The molecule has 2 N–H and O–H groups in total. The predicted octanol–water partition coefficient (Wildman–Crippen LogP) is 6.25. The van der Waals surface area contributed by atoms with Gasteiger partial charge in [-0.15, -0.1) is 0 Å². The van der Waals surface area contributed by atoms with Crippen LogP contribution in [0.2, 0.25) is 5.02 Å². The first kappa shape index (κ1) is 25.8. The molecule has 0 radical (unpaired) electrons. The van der Waals surface area contributed by atoms with Crippen molar-refractivity contribution in [3.05, 3.63) is 100 Å². The van der Waals surface area contributed by atoms with Crippen molar-refractivity contribution in [1.29, 1.82) is 5.26 Å². The van der Waals surface area contributed by atoms with E-state index in [4.69, 9.17) is 16.3 Å². The summed E-state index contributed by atoms with van der Waals surface area (Å²) in [6.07, 6.45) is 1.76. The van der Waals surface area contributed by atoms with E-state index >= 15 is 0 Å². The molecule has 1 heterocycles. The van der Waals surface area contributed by atoms with Crippen LogP contribution in [0.5, 0.6) is 5.75 Å². The summed E-state index contributed by atoms with van der Waals surface area (Å²) in [5, 5.41) is 21.9. The van der Waals surface area contributed by atoms with Gasteiger partial charge >= 0.3 is 0 Å². The van der Waals surface area contributed by atoms with E-state index < -0.39 is 0 Å². The monoisotopic (exact) mass is 513 g/mol.